The van der Waals surface area contributed by atoms with Crippen LogP contribution in [0.15, 0.2) is 42.9 Å². The Kier molecular flexibility index (Phi) is 4.74. The SMILES string of the molecule is Cc1cc(CNC(=O)Nc2n[nH]c(N)c2Nc2cccnc2)ccn1. The number of nitrogens with two attached hydrogens (primary N) is 1. The molecule has 0 aliphatic rings. The molecule has 0 spiro atoms. The second-order valence-electron chi connectivity index (χ2n) is 5.34. The Bertz CT molecular complexity index is 862. The third kappa shape index (κ3) is 4.22. The van der Waals surface area contributed by atoms with Gasteiger partial charge in [-0.05, 0) is 36.8 Å². The summed E-state index contributed by atoms with van der Waals surface area (Å²) in [6, 6.07) is 6.97. The van der Waals surface area contributed by atoms with Crippen LogP contribution < -0.4 is 21.7 Å². The highest BCUT2D eigenvalue weighted by atomic mass is 16.2. The fourth-order valence-electron chi connectivity index (χ4n) is 2.20. The lowest BCUT2D eigenvalue weighted by atomic mass is 10.2. The van der Waals surface area contributed by atoms with E-state index in [0.717, 1.165) is 16.9 Å². The molecule has 3 aromatic heterocycles. The molecule has 0 unspecified atom stereocenters. The van der Waals surface area contributed by atoms with Crippen LogP contribution >= 0.6 is 0 Å². The van der Waals surface area contributed by atoms with Crippen LogP contribution in [-0.4, -0.2) is 26.2 Å². The van der Waals surface area contributed by atoms with Gasteiger partial charge in [-0.2, -0.15) is 5.10 Å². The fourth-order valence-corrected chi connectivity index (χ4v) is 2.20. The van der Waals surface area contributed by atoms with Gasteiger partial charge >= 0.3 is 6.03 Å². The van der Waals surface area contributed by atoms with Gasteiger partial charge in [-0.1, -0.05) is 0 Å². The van der Waals surface area contributed by atoms with Crippen LogP contribution in [0.3, 0.4) is 0 Å². The minimum atomic E-state index is -0.393. The standard InChI is InChI=1S/C16H18N8O/c1-10-7-11(4-6-19-10)8-20-16(25)22-15-13(14(17)23-24-15)21-12-3-2-5-18-9-12/h2-7,9,21H,8H2,1H3,(H5,17,20,22,23,24,25). The summed E-state index contributed by atoms with van der Waals surface area (Å²) in [6.45, 7) is 2.27. The van der Waals surface area contributed by atoms with E-state index in [9.17, 15) is 4.79 Å². The topological polar surface area (TPSA) is 134 Å². The average molecular weight is 338 g/mol. The lowest BCUT2D eigenvalue weighted by Crippen LogP contribution is -2.28. The Balaban J connectivity index is 1.63. The number of carbonyl (C=O) groups is 1. The van der Waals surface area contributed by atoms with Crippen LogP contribution in [-0.2, 0) is 6.54 Å². The van der Waals surface area contributed by atoms with E-state index in [1.165, 1.54) is 0 Å². The van der Waals surface area contributed by atoms with Crippen LogP contribution in [0.1, 0.15) is 11.3 Å². The summed E-state index contributed by atoms with van der Waals surface area (Å²) in [5.41, 5.74) is 8.92. The molecule has 2 amide bonds. The quantitative estimate of drug-likeness (QED) is 0.484. The smallest absolute Gasteiger partial charge is 0.320 e. The number of H-pyrrole nitrogens is 1. The van der Waals surface area contributed by atoms with Crippen molar-refractivity contribution in [2.24, 2.45) is 0 Å². The first-order chi connectivity index (χ1) is 12.1. The molecular formula is C16H18N8O. The van der Waals surface area contributed by atoms with E-state index in [4.69, 9.17) is 5.73 Å². The molecule has 9 heteroatoms. The molecule has 9 nitrogen and oxygen atoms in total. The lowest BCUT2D eigenvalue weighted by Gasteiger charge is -2.09. The Labute approximate surface area is 144 Å². The van der Waals surface area contributed by atoms with Crippen LogP contribution in [0.5, 0.6) is 0 Å². The predicted octanol–water partition coefficient (Wildman–Crippen LogP) is 2.16. The number of aromatic nitrogens is 4. The zero-order valence-corrected chi connectivity index (χ0v) is 13.6. The van der Waals surface area contributed by atoms with E-state index in [0.29, 0.717) is 23.9 Å². The van der Waals surface area contributed by atoms with Crippen molar-refractivity contribution in [3.05, 3.63) is 54.1 Å². The summed E-state index contributed by atoms with van der Waals surface area (Å²) < 4.78 is 0. The molecular weight excluding hydrogens is 320 g/mol. The molecule has 0 fully saturated rings. The number of pyridine rings is 2. The van der Waals surface area contributed by atoms with Gasteiger partial charge in [0.15, 0.2) is 5.82 Å². The summed E-state index contributed by atoms with van der Waals surface area (Å²) in [5.74, 6) is 0.605. The first-order valence-corrected chi connectivity index (χ1v) is 7.59. The van der Waals surface area contributed by atoms with Crippen molar-refractivity contribution in [2.45, 2.75) is 13.5 Å². The van der Waals surface area contributed by atoms with Crippen LogP contribution in [0.25, 0.3) is 0 Å². The molecule has 3 rings (SSSR count). The van der Waals surface area contributed by atoms with Gasteiger partial charge in [0, 0.05) is 24.6 Å². The molecule has 128 valence electrons. The highest BCUT2D eigenvalue weighted by Crippen LogP contribution is 2.28. The number of rotatable bonds is 5. The van der Waals surface area contributed by atoms with Gasteiger partial charge in [0.2, 0.25) is 0 Å². The first-order valence-electron chi connectivity index (χ1n) is 7.59. The van der Waals surface area contributed by atoms with E-state index >= 15 is 0 Å². The number of amides is 2. The molecule has 0 aliphatic heterocycles. The second kappa shape index (κ2) is 7.30. The molecule has 0 atom stereocenters. The molecule has 0 aliphatic carbocycles. The number of anilines is 4. The maximum atomic E-state index is 12.1. The van der Waals surface area contributed by atoms with E-state index in [1.54, 1.807) is 24.7 Å². The van der Waals surface area contributed by atoms with Crippen LogP contribution in [0.2, 0.25) is 0 Å². The number of carbonyl (C=O) groups excluding carboxylic acids is 1. The molecule has 0 radical (unpaired) electrons. The van der Waals surface area contributed by atoms with Gasteiger partial charge < -0.3 is 16.4 Å². The van der Waals surface area contributed by atoms with Crippen molar-refractivity contribution in [1.82, 2.24) is 25.5 Å². The maximum Gasteiger partial charge on any atom is 0.320 e. The van der Waals surface area contributed by atoms with Gasteiger partial charge in [0.25, 0.3) is 0 Å². The molecule has 0 aromatic carbocycles. The van der Waals surface area contributed by atoms with Crippen LogP contribution in [0.4, 0.5) is 27.8 Å². The average Bonchev–Trinajstić information content (AvgIpc) is 2.94. The largest absolute Gasteiger partial charge is 0.382 e. The number of nitrogen functional groups attached to an aromatic ring is 1. The minimum Gasteiger partial charge on any atom is -0.382 e. The second-order valence-corrected chi connectivity index (χ2v) is 5.34. The van der Waals surface area contributed by atoms with Crippen molar-refractivity contribution in [3.8, 4) is 0 Å². The fraction of sp³-hybridized carbons (Fsp3) is 0.125. The number of aromatic amines is 1. The molecule has 0 saturated carbocycles. The highest BCUT2D eigenvalue weighted by Gasteiger charge is 2.14. The van der Waals surface area contributed by atoms with Gasteiger partial charge in [-0.3, -0.25) is 20.4 Å². The number of nitrogens with zero attached hydrogens (tertiary/aromatic N) is 3. The van der Waals surface area contributed by atoms with Crippen molar-refractivity contribution in [3.63, 3.8) is 0 Å². The van der Waals surface area contributed by atoms with Gasteiger partial charge in [0.1, 0.15) is 11.5 Å². The Morgan fingerprint density at radius 1 is 1.32 bits per heavy atom. The monoisotopic (exact) mass is 338 g/mol. The van der Waals surface area contributed by atoms with E-state index < -0.39 is 6.03 Å². The zero-order chi connectivity index (χ0) is 17.6. The Morgan fingerprint density at radius 3 is 2.96 bits per heavy atom. The molecule has 0 bridgehead atoms. The summed E-state index contributed by atoms with van der Waals surface area (Å²) in [6.07, 6.45) is 5.01. The normalized spacial score (nSPS) is 10.3. The summed E-state index contributed by atoms with van der Waals surface area (Å²) in [7, 11) is 0. The van der Waals surface area contributed by atoms with Gasteiger partial charge in [-0.25, -0.2) is 4.79 Å². The summed E-state index contributed by atoms with van der Waals surface area (Å²) in [5, 5.41) is 15.1. The van der Waals surface area contributed by atoms with Crippen molar-refractivity contribution >= 4 is 29.0 Å². The Hall–Kier alpha value is -3.62. The van der Waals surface area contributed by atoms with E-state index in [-0.39, 0.29) is 0 Å². The number of hydrogen-bond donors (Lipinski definition) is 5. The zero-order valence-electron chi connectivity index (χ0n) is 13.6. The molecule has 25 heavy (non-hydrogen) atoms. The van der Waals surface area contributed by atoms with Crippen molar-refractivity contribution in [2.75, 3.05) is 16.4 Å². The molecule has 3 heterocycles. The van der Waals surface area contributed by atoms with Crippen molar-refractivity contribution < 1.29 is 4.79 Å². The third-order valence-corrected chi connectivity index (χ3v) is 3.37. The third-order valence-electron chi connectivity index (χ3n) is 3.37. The molecule has 3 aromatic rings. The minimum absolute atomic E-state index is 0.296. The highest BCUT2D eigenvalue weighted by molar-refractivity contribution is 5.94. The number of urea groups is 1. The van der Waals surface area contributed by atoms with E-state index in [2.05, 4.69) is 36.1 Å². The number of hydrogen-bond acceptors (Lipinski definition) is 6. The van der Waals surface area contributed by atoms with Gasteiger partial charge in [0.05, 0.1) is 11.9 Å². The lowest BCUT2D eigenvalue weighted by molar-refractivity contribution is 0.251. The predicted molar refractivity (Wildman–Crippen MR) is 95.4 cm³/mol. The Morgan fingerprint density at radius 2 is 2.20 bits per heavy atom. The maximum absolute atomic E-state index is 12.1. The van der Waals surface area contributed by atoms with E-state index in [1.807, 2.05) is 25.1 Å². The molecule has 6 N–H and O–H groups in total. The number of nitrogens with one attached hydrogen (secondary N) is 4. The summed E-state index contributed by atoms with van der Waals surface area (Å²) >= 11 is 0. The first kappa shape index (κ1) is 16.2. The van der Waals surface area contributed by atoms with Crippen molar-refractivity contribution in [1.29, 1.82) is 0 Å². The molecule has 0 saturated heterocycles. The van der Waals surface area contributed by atoms with Crippen LogP contribution in [0, 0.1) is 6.92 Å². The van der Waals surface area contributed by atoms with Gasteiger partial charge in [-0.15, -0.1) is 0 Å². The number of aryl methyl sites for hydroxylation is 1. The summed E-state index contributed by atoms with van der Waals surface area (Å²) in [4.78, 5) is 20.2.